The Morgan fingerprint density at radius 1 is 1.14 bits per heavy atom. The number of carbonyl (C=O) groups excluding carboxylic acids is 1. The fourth-order valence-corrected chi connectivity index (χ4v) is 4.43. The molecule has 28 heavy (non-hydrogen) atoms. The summed E-state index contributed by atoms with van der Waals surface area (Å²) in [6, 6.07) is 15.9. The van der Waals surface area contributed by atoms with E-state index in [1.54, 1.807) is 0 Å². The quantitative estimate of drug-likeness (QED) is 0.526. The number of rotatable bonds is 3. The van der Waals surface area contributed by atoms with Crippen LogP contribution in [0.4, 0.5) is 0 Å². The van der Waals surface area contributed by atoms with Crippen molar-refractivity contribution in [3.05, 3.63) is 64.7 Å². The fraction of sp³-hybridized carbons (Fsp3) is 0.333. The second kappa shape index (κ2) is 7.92. The van der Waals surface area contributed by atoms with E-state index in [1.165, 1.54) is 6.42 Å². The number of hydrogen-bond acceptors (Lipinski definition) is 2. The smallest absolute Gasteiger partial charge is 0.255 e. The lowest BCUT2D eigenvalue weighted by Gasteiger charge is -2.36. The van der Waals surface area contributed by atoms with Gasteiger partial charge in [0.05, 0.1) is 16.8 Å². The third kappa shape index (κ3) is 3.40. The third-order valence-corrected chi connectivity index (χ3v) is 6.08. The van der Waals surface area contributed by atoms with Crippen LogP contribution in [0.15, 0.2) is 48.5 Å². The summed E-state index contributed by atoms with van der Waals surface area (Å²) in [6.07, 6.45) is 4.37. The molecule has 0 bridgehead atoms. The molecular formula is C24H25ClN2O. The van der Waals surface area contributed by atoms with E-state index in [-0.39, 0.29) is 5.91 Å². The predicted molar refractivity (Wildman–Crippen MR) is 116 cm³/mol. The van der Waals surface area contributed by atoms with Crippen molar-refractivity contribution < 1.29 is 4.79 Å². The molecule has 0 aliphatic carbocycles. The highest BCUT2D eigenvalue weighted by Crippen LogP contribution is 2.32. The molecule has 1 atom stereocenters. The maximum Gasteiger partial charge on any atom is 0.255 e. The molecule has 3 aromatic rings. The highest BCUT2D eigenvalue weighted by molar-refractivity contribution is 6.30. The number of hydrogen-bond donors (Lipinski definition) is 0. The third-order valence-electron chi connectivity index (χ3n) is 5.83. The van der Waals surface area contributed by atoms with Crippen molar-refractivity contribution >= 4 is 28.4 Å². The normalized spacial score (nSPS) is 17.1. The van der Waals surface area contributed by atoms with Crippen LogP contribution in [0.3, 0.4) is 0 Å². The summed E-state index contributed by atoms with van der Waals surface area (Å²) in [5.41, 5.74) is 4.41. The minimum absolute atomic E-state index is 0.137. The largest absolute Gasteiger partial charge is 0.336 e. The molecule has 1 aromatic heterocycles. The zero-order chi connectivity index (χ0) is 19.7. The number of aromatic nitrogens is 1. The minimum atomic E-state index is 0.137. The molecule has 1 saturated heterocycles. The van der Waals surface area contributed by atoms with Gasteiger partial charge in [0.25, 0.3) is 5.91 Å². The monoisotopic (exact) mass is 392 g/mol. The predicted octanol–water partition coefficient (Wildman–Crippen LogP) is 6.27. The first-order chi connectivity index (χ1) is 13.6. The van der Waals surface area contributed by atoms with Gasteiger partial charge in [-0.15, -0.1) is 0 Å². The zero-order valence-corrected chi connectivity index (χ0v) is 17.2. The summed E-state index contributed by atoms with van der Waals surface area (Å²) < 4.78 is 0. The van der Waals surface area contributed by atoms with E-state index in [0.29, 0.717) is 11.1 Å². The Bertz CT molecular complexity index is 1010. The summed E-state index contributed by atoms with van der Waals surface area (Å²) in [4.78, 5) is 20.7. The number of benzene rings is 2. The number of likely N-dealkylation sites (tertiary alicyclic amines) is 1. The first-order valence-corrected chi connectivity index (χ1v) is 10.4. The maximum atomic E-state index is 13.7. The van der Waals surface area contributed by atoms with E-state index >= 15 is 0 Å². The van der Waals surface area contributed by atoms with Crippen molar-refractivity contribution in [2.45, 2.75) is 45.6 Å². The molecule has 1 fully saturated rings. The van der Waals surface area contributed by atoms with Crippen LogP contribution in [0, 0.1) is 6.92 Å². The van der Waals surface area contributed by atoms with Crippen molar-refractivity contribution in [1.29, 1.82) is 0 Å². The van der Waals surface area contributed by atoms with Gasteiger partial charge in [0.1, 0.15) is 0 Å². The number of fused-ring (bicyclic) bond motifs is 1. The van der Waals surface area contributed by atoms with Gasteiger partial charge in [0.2, 0.25) is 0 Å². The molecule has 0 saturated carbocycles. The Kier molecular flexibility index (Phi) is 5.36. The number of pyridine rings is 1. The Morgan fingerprint density at radius 3 is 2.64 bits per heavy atom. The standard InChI is InChI=1S/C24H25ClN2O/c1-3-19-8-6-7-15-27(19)24(28)22-16(2)23(17-11-13-18(25)14-12-17)26-21-10-5-4-9-20(21)22/h4-5,9-14,19H,3,6-8,15H2,1-2H3. The van der Waals surface area contributed by atoms with Gasteiger partial charge in [-0.1, -0.05) is 48.9 Å². The summed E-state index contributed by atoms with van der Waals surface area (Å²) in [5, 5.41) is 1.63. The summed E-state index contributed by atoms with van der Waals surface area (Å²) >= 11 is 6.07. The van der Waals surface area contributed by atoms with Gasteiger partial charge in [-0.25, -0.2) is 4.98 Å². The van der Waals surface area contributed by atoms with E-state index in [2.05, 4.69) is 11.8 Å². The lowest BCUT2D eigenvalue weighted by atomic mass is 9.94. The topological polar surface area (TPSA) is 33.2 Å². The second-order valence-electron chi connectivity index (χ2n) is 7.54. The molecule has 2 heterocycles. The average molecular weight is 393 g/mol. The van der Waals surface area contributed by atoms with E-state index < -0.39 is 0 Å². The number of nitrogens with zero attached hydrogens (tertiary/aromatic N) is 2. The molecule has 0 N–H and O–H groups in total. The van der Waals surface area contributed by atoms with Crippen LogP contribution in [0.1, 0.15) is 48.5 Å². The van der Waals surface area contributed by atoms with Crippen molar-refractivity contribution in [1.82, 2.24) is 9.88 Å². The second-order valence-corrected chi connectivity index (χ2v) is 7.98. The molecule has 1 aliphatic rings. The number of para-hydroxylation sites is 1. The van der Waals surface area contributed by atoms with E-state index in [0.717, 1.165) is 59.1 Å². The van der Waals surface area contributed by atoms with Gasteiger partial charge < -0.3 is 4.90 Å². The highest BCUT2D eigenvalue weighted by Gasteiger charge is 2.29. The van der Waals surface area contributed by atoms with Crippen LogP contribution in [0.5, 0.6) is 0 Å². The van der Waals surface area contributed by atoms with E-state index in [9.17, 15) is 4.79 Å². The van der Waals surface area contributed by atoms with E-state index in [4.69, 9.17) is 16.6 Å². The summed E-state index contributed by atoms with van der Waals surface area (Å²) in [6.45, 7) is 5.03. The average Bonchev–Trinajstić information content (AvgIpc) is 2.73. The van der Waals surface area contributed by atoms with Crippen LogP contribution < -0.4 is 0 Å². The maximum absolute atomic E-state index is 13.7. The molecule has 1 unspecified atom stereocenters. The summed E-state index contributed by atoms with van der Waals surface area (Å²) in [7, 11) is 0. The number of amides is 1. The van der Waals surface area contributed by atoms with Crippen LogP contribution >= 0.6 is 11.6 Å². The van der Waals surface area contributed by atoms with Gasteiger partial charge >= 0.3 is 0 Å². The molecule has 0 radical (unpaired) electrons. The SMILES string of the molecule is CCC1CCCCN1C(=O)c1c(C)c(-c2ccc(Cl)cc2)nc2ccccc12. The first-order valence-electron chi connectivity index (χ1n) is 10.1. The minimum Gasteiger partial charge on any atom is -0.336 e. The number of carbonyl (C=O) groups is 1. The highest BCUT2D eigenvalue weighted by atomic mass is 35.5. The lowest BCUT2D eigenvalue weighted by molar-refractivity contribution is 0.0609. The Morgan fingerprint density at radius 2 is 1.89 bits per heavy atom. The van der Waals surface area contributed by atoms with Crippen molar-refractivity contribution in [3.8, 4) is 11.3 Å². The molecule has 3 nitrogen and oxygen atoms in total. The van der Waals surface area contributed by atoms with Crippen molar-refractivity contribution in [2.24, 2.45) is 0 Å². The molecular weight excluding hydrogens is 368 g/mol. The zero-order valence-electron chi connectivity index (χ0n) is 16.4. The van der Waals surface area contributed by atoms with Gasteiger partial charge in [-0.05, 0) is 56.4 Å². The molecule has 144 valence electrons. The first kappa shape index (κ1) is 18.9. The van der Waals surface area contributed by atoms with Gasteiger partial charge in [0.15, 0.2) is 0 Å². The molecule has 4 heteroatoms. The van der Waals surface area contributed by atoms with Crippen LogP contribution in [0.2, 0.25) is 5.02 Å². The Labute approximate surface area is 171 Å². The van der Waals surface area contributed by atoms with Crippen LogP contribution in [-0.4, -0.2) is 28.4 Å². The van der Waals surface area contributed by atoms with Crippen LogP contribution in [0.25, 0.3) is 22.2 Å². The Hall–Kier alpha value is -2.39. The molecule has 0 spiro atoms. The number of piperidine rings is 1. The van der Waals surface area contributed by atoms with Gasteiger partial charge in [-0.2, -0.15) is 0 Å². The van der Waals surface area contributed by atoms with Crippen molar-refractivity contribution in [3.63, 3.8) is 0 Å². The van der Waals surface area contributed by atoms with Gasteiger partial charge in [0, 0.05) is 28.6 Å². The van der Waals surface area contributed by atoms with Gasteiger partial charge in [-0.3, -0.25) is 4.79 Å². The Balaban J connectivity index is 1.90. The number of halogens is 1. The molecule has 1 aliphatic heterocycles. The fourth-order valence-electron chi connectivity index (χ4n) is 4.31. The summed E-state index contributed by atoms with van der Waals surface area (Å²) in [5.74, 6) is 0.137. The molecule has 2 aromatic carbocycles. The lowest BCUT2D eigenvalue weighted by Crippen LogP contribution is -2.43. The molecule has 1 amide bonds. The molecule has 4 rings (SSSR count). The van der Waals surface area contributed by atoms with E-state index in [1.807, 2.05) is 55.5 Å². The van der Waals surface area contributed by atoms with Crippen LogP contribution in [-0.2, 0) is 0 Å². The van der Waals surface area contributed by atoms with Crippen molar-refractivity contribution in [2.75, 3.05) is 6.54 Å².